The number of rotatable bonds is 5. The lowest BCUT2D eigenvalue weighted by molar-refractivity contribution is -0.119. The standard InChI is InChI=1S/C11H18F3N5/c1-4-19(5-11(12,13)14)10-8(7(2)3)9(18-15)16-6-17-10/h6-7H,4-5,15H2,1-3H3,(H,16,17,18). The van der Waals surface area contributed by atoms with Gasteiger partial charge in [0.1, 0.15) is 24.5 Å². The lowest BCUT2D eigenvalue weighted by Gasteiger charge is -2.27. The molecule has 19 heavy (non-hydrogen) atoms. The number of aromatic nitrogens is 2. The zero-order chi connectivity index (χ0) is 14.6. The van der Waals surface area contributed by atoms with Gasteiger partial charge < -0.3 is 10.3 Å². The first-order valence-corrected chi connectivity index (χ1v) is 5.93. The maximum absolute atomic E-state index is 12.6. The Morgan fingerprint density at radius 3 is 2.42 bits per heavy atom. The van der Waals surface area contributed by atoms with Gasteiger partial charge in [-0.3, -0.25) is 0 Å². The molecule has 1 heterocycles. The van der Waals surface area contributed by atoms with Gasteiger partial charge in [0.05, 0.1) is 0 Å². The van der Waals surface area contributed by atoms with Crippen LogP contribution < -0.4 is 16.2 Å². The highest BCUT2D eigenvalue weighted by molar-refractivity contribution is 5.59. The average Bonchev–Trinajstić information content (AvgIpc) is 2.33. The van der Waals surface area contributed by atoms with Crippen LogP contribution >= 0.6 is 0 Å². The van der Waals surface area contributed by atoms with E-state index in [0.717, 1.165) is 4.90 Å². The van der Waals surface area contributed by atoms with E-state index in [1.54, 1.807) is 6.92 Å². The molecule has 0 aliphatic rings. The molecule has 0 aromatic carbocycles. The summed E-state index contributed by atoms with van der Waals surface area (Å²) in [5, 5.41) is 0. The Morgan fingerprint density at radius 1 is 1.37 bits per heavy atom. The highest BCUT2D eigenvalue weighted by Crippen LogP contribution is 2.31. The summed E-state index contributed by atoms with van der Waals surface area (Å²) >= 11 is 0. The molecular formula is C11H18F3N5. The molecule has 0 radical (unpaired) electrons. The topological polar surface area (TPSA) is 67.1 Å². The van der Waals surface area contributed by atoms with Crippen molar-refractivity contribution in [1.29, 1.82) is 0 Å². The second-order valence-electron chi connectivity index (χ2n) is 4.39. The number of halogens is 3. The quantitative estimate of drug-likeness (QED) is 0.638. The summed E-state index contributed by atoms with van der Waals surface area (Å²) in [7, 11) is 0. The van der Waals surface area contributed by atoms with E-state index in [9.17, 15) is 13.2 Å². The molecular weight excluding hydrogens is 259 g/mol. The number of hydrogen-bond donors (Lipinski definition) is 2. The van der Waals surface area contributed by atoms with Gasteiger partial charge in [0, 0.05) is 12.1 Å². The summed E-state index contributed by atoms with van der Waals surface area (Å²) in [4.78, 5) is 9.08. The number of hydrogen-bond acceptors (Lipinski definition) is 5. The minimum absolute atomic E-state index is 0.0514. The molecule has 0 atom stereocenters. The molecule has 0 aliphatic heterocycles. The molecule has 0 unspecified atom stereocenters. The number of anilines is 2. The van der Waals surface area contributed by atoms with Crippen molar-refractivity contribution >= 4 is 11.6 Å². The van der Waals surface area contributed by atoms with Crippen LogP contribution in [0.3, 0.4) is 0 Å². The smallest absolute Gasteiger partial charge is 0.347 e. The molecule has 3 N–H and O–H groups in total. The molecule has 0 fully saturated rings. The molecule has 0 spiro atoms. The second-order valence-corrected chi connectivity index (χ2v) is 4.39. The maximum atomic E-state index is 12.6. The summed E-state index contributed by atoms with van der Waals surface area (Å²) in [6.07, 6.45) is -3.08. The summed E-state index contributed by atoms with van der Waals surface area (Å²) in [5.74, 6) is 5.90. The van der Waals surface area contributed by atoms with Crippen molar-refractivity contribution in [2.75, 3.05) is 23.4 Å². The number of nitrogens with two attached hydrogens (primary N) is 1. The molecule has 108 valence electrons. The molecule has 5 nitrogen and oxygen atoms in total. The molecule has 8 heteroatoms. The Labute approximate surface area is 110 Å². The monoisotopic (exact) mass is 277 g/mol. The van der Waals surface area contributed by atoms with Gasteiger partial charge in [0.15, 0.2) is 0 Å². The summed E-state index contributed by atoms with van der Waals surface area (Å²) in [6.45, 7) is 4.49. The third-order valence-corrected chi connectivity index (χ3v) is 2.63. The SMILES string of the molecule is CCN(CC(F)(F)F)c1ncnc(NN)c1C(C)C. The van der Waals surface area contributed by atoms with Crippen molar-refractivity contribution in [2.45, 2.75) is 32.9 Å². The van der Waals surface area contributed by atoms with Gasteiger partial charge in [-0.2, -0.15) is 13.2 Å². The van der Waals surface area contributed by atoms with Crippen molar-refractivity contribution in [3.8, 4) is 0 Å². The van der Waals surface area contributed by atoms with E-state index in [0.29, 0.717) is 11.4 Å². The summed E-state index contributed by atoms with van der Waals surface area (Å²) in [6, 6.07) is 0. The normalized spacial score (nSPS) is 11.8. The van der Waals surface area contributed by atoms with Crippen LogP contribution in [-0.2, 0) is 0 Å². The Bertz CT molecular complexity index is 419. The van der Waals surface area contributed by atoms with Crippen molar-refractivity contribution in [3.63, 3.8) is 0 Å². The lowest BCUT2D eigenvalue weighted by Crippen LogP contribution is -2.35. The van der Waals surface area contributed by atoms with Crippen LogP contribution in [0.15, 0.2) is 6.33 Å². The molecule has 1 aromatic heterocycles. The van der Waals surface area contributed by atoms with Crippen molar-refractivity contribution in [3.05, 3.63) is 11.9 Å². The van der Waals surface area contributed by atoms with Crippen LogP contribution in [0.1, 0.15) is 32.3 Å². The largest absolute Gasteiger partial charge is 0.405 e. The van der Waals surface area contributed by atoms with E-state index in [1.807, 2.05) is 13.8 Å². The Morgan fingerprint density at radius 2 is 2.00 bits per heavy atom. The summed E-state index contributed by atoms with van der Waals surface area (Å²) < 4.78 is 37.7. The molecule has 1 rings (SSSR count). The van der Waals surface area contributed by atoms with Gasteiger partial charge in [-0.05, 0) is 12.8 Å². The molecule has 0 bridgehead atoms. The third-order valence-electron chi connectivity index (χ3n) is 2.63. The Balaban J connectivity index is 3.23. The highest BCUT2D eigenvalue weighted by Gasteiger charge is 2.32. The van der Waals surface area contributed by atoms with Crippen LogP contribution in [-0.4, -0.2) is 29.2 Å². The third kappa shape index (κ3) is 3.95. The lowest BCUT2D eigenvalue weighted by atomic mass is 10.0. The van der Waals surface area contributed by atoms with Crippen molar-refractivity contribution in [2.24, 2.45) is 5.84 Å². The average molecular weight is 277 g/mol. The van der Waals surface area contributed by atoms with Gasteiger partial charge in [0.25, 0.3) is 0 Å². The Hall–Kier alpha value is -1.57. The Kier molecular flexibility index (Phi) is 4.93. The van der Waals surface area contributed by atoms with Crippen LogP contribution in [0.2, 0.25) is 0 Å². The van der Waals surface area contributed by atoms with Crippen molar-refractivity contribution in [1.82, 2.24) is 9.97 Å². The first-order valence-electron chi connectivity index (χ1n) is 5.93. The van der Waals surface area contributed by atoms with E-state index < -0.39 is 12.7 Å². The zero-order valence-corrected chi connectivity index (χ0v) is 11.1. The molecule has 0 saturated carbocycles. The van der Waals surface area contributed by atoms with Gasteiger partial charge in [0.2, 0.25) is 0 Å². The van der Waals surface area contributed by atoms with Gasteiger partial charge in [-0.15, -0.1) is 0 Å². The first-order chi connectivity index (χ1) is 8.80. The van der Waals surface area contributed by atoms with Crippen LogP contribution in [0.25, 0.3) is 0 Å². The van der Waals surface area contributed by atoms with E-state index in [-0.39, 0.29) is 18.3 Å². The number of nitrogens with zero attached hydrogens (tertiary/aromatic N) is 3. The fourth-order valence-corrected chi connectivity index (χ4v) is 1.84. The number of nitrogen functional groups attached to an aromatic ring is 1. The van der Waals surface area contributed by atoms with Gasteiger partial charge >= 0.3 is 6.18 Å². The number of nitrogens with one attached hydrogen (secondary N) is 1. The van der Waals surface area contributed by atoms with E-state index in [4.69, 9.17) is 5.84 Å². The maximum Gasteiger partial charge on any atom is 0.405 e. The van der Waals surface area contributed by atoms with E-state index >= 15 is 0 Å². The minimum atomic E-state index is -4.29. The predicted molar refractivity (Wildman–Crippen MR) is 67.9 cm³/mol. The van der Waals surface area contributed by atoms with Gasteiger partial charge in [-0.25, -0.2) is 15.8 Å². The molecule has 0 saturated heterocycles. The fourth-order valence-electron chi connectivity index (χ4n) is 1.84. The van der Waals surface area contributed by atoms with Crippen LogP contribution in [0.5, 0.6) is 0 Å². The molecule has 0 aliphatic carbocycles. The van der Waals surface area contributed by atoms with E-state index in [1.165, 1.54) is 6.33 Å². The number of hydrazine groups is 1. The van der Waals surface area contributed by atoms with Crippen LogP contribution in [0.4, 0.5) is 24.8 Å². The second kappa shape index (κ2) is 6.05. The molecule has 0 amide bonds. The van der Waals surface area contributed by atoms with Gasteiger partial charge in [-0.1, -0.05) is 13.8 Å². The molecule has 1 aromatic rings. The van der Waals surface area contributed by atoms with E-state index in [2.05, 4.69) is 15.4 Å². The van der Waals surface area contributed by atoms with Crippen LogP contribution in [0, 0.1) is 0 Å². The first kappa shape index (κ1) is 15.5. The zero-order valence-electron chi connectivity index (χ0n) is 11.1. The van der Waals surface area contributed by atoms with Crippen molar-refractivity contribution < 1.29 is 13.2 Å². The number of alkyl halides is 3. The minimum Gasteiger partial charge on any atom is -0.347 e. The highest BCUT2D eigenvalue weighted by atomic mass is 19.4. The predicted octanol–water partition coefficient (Wildman–Crippen LogP) is 2.27. The fraction of sp³-hybridized carbons (Fsp3) is 0.636. The summed E-state index contributed by atoms with van der Waals surface area (Å²) in [5.41, 5.74) is 2.98.